The molecule has 134 valence electrons. The quantitative estimate of drug-likeness (QED) is 0.819. The first-order valence-corrected chi connectivity index (χ1v) is 9.32. The minimum atomic E-state index is -0.492. The molecule has 0 aliphatic carbocycles. The van der Waals surface area contributed by atoms with Gasteiger partial charge in [0.05, 0.1) is 31.6 Å². The summed E-state index contributed by atoms with van der Waals surface area (Å²) in [5, 5.41) is 8.23. The zero-order valence-corrected chi connectivity index (χ0v) is 15.1. The Balaban J connectivity index is 1.51. The Morgan fingerprint density at radius 2 is 2.32 bits per heavy atom. The van der Waals surface area contributed by atoms with E-state index in [4.69, 9.17) is 9.47 Å². The van der Waals surface area contributed by atoms with E-state index in [9.17, 15) is 4.79 Å². The number of aromatic nitrogens is 2. The van der Waals surface area contributed by atoms with Crippen molar-refractivity contribution in [1.82, 2.24) is 14.7 Å². The van der Waals surface area contributed by atoms with Crippen molar-refractivity contribution >= 4 is 22.9 Å². The molecule has 4 rings (SSSR count). The summed E-state index contributed by atoms with van der Waals surface area (Å²) in [6.45, 7) is 4.16. The third kappa shape index (κ3) is 3.62. The van der Waals surface area contributed by atoms with Crippen molar-refractivity contribution in [2.75, 3.05) is 44.4 Å². The van der Waals surface area contributed by atoms with Gasteiger partial charge < -0.3 is 14.4 Å². The number of hydrogen-bond donors (Lipinski definition) is 0. The summed E-state index contributed by atoms with van der Waals surface area (Å²) in [6, 6.07) is 1.98. The van der Waals surface area contributed by atoms with E-state index in [1.54, 1.807) is 11.3 Å². The van der Waals surface area contributed by atoms with E-state index < -0.39 is 5.60 Å². The van der Waals surface area contributed by atoms with Gasteiger partial charge in [0.1, 0.15) is 12.2 Å². The van der Waals surface area contributed by atoms with Crippen LogP contribution < -0.4 is 4.90 Å². The van der Waals surface area contributed by atoms with E-state index in [-0.39, 0.29) is 12.5 Å². The Hall–Kier alpha value is -1.74. The van der Waals surface area contributed by atoms with Crippen LogP contribution in [0.3, 0.4) is 0 Å². The van der Waals surface area contributed by atoms with Gasteiger partial charge in [-0.05, 0) is 11.4 Å². The maximum atomic E-state index is 12.3. The van der Waals surface area contributed by atoms with E-state index in [1.165, 1.54) is 5.56 Å². The Kier molecular flexibility index (Phi) is 4.60. The Morgan fingerprint density at radius 1 is 1.40 bits per heavy atom. The molecule has 0 radical (unpaired) electrons. The van der Waals surface area contributed by atoms with Gasteiger partial charge in [0.15, 0.2) is 0 Å². The predicted octanol–water partition coefficient (Wildman–Crippen LogP) is 1.12. The number of nitrogens with zero attached hydrogens (tertiary/aromatic N) is 4. The number of ether oxygens (including phenoxy) is 2. The highest BCUT2D eigenvalue weighted by Crippen LogP contribution is 2.28. The lowest BCUT2D eigenvalue weighted by Crippen LogP contribution is -2.60. The summed E-state index contributed by atoms with van der Waals surface area (Å²) >= 11 is 1.59. The van der Waals surface area contributed by atoms with Crippen molar-refractivity contribution < 1.29 is 14.3 Å². The second-order valence-corrected chi connectivity index (χ2v) is 7.50. The molecule has 0 saturated carbocycles. The molecule has 2 aromatic rings. The van der Waals surface area contributed by atoms with Crippen LogP contribution in [0.25, 0.3) is 0 Å². The van der Waals surface area contributed by atoms with Crippen LogP contribution in [0.1, 0.15) is 5.56 Å². The maximum absolute atomic E-state index is 12.3. The first-order valence-electron chi connectivity index (χ1n) is 8.38. The van der Waals surface area contributed by atoms with Gasteiger partial charge in [-0.1, -0.05) is 0 Å². The molecule has 7 nitrogen and oxygen atoms in total. The predicted molar refractivity (Wildman–Crippen MR) is 94.7 cm³/mol. The molecule has 2 fully saturated rings. The molecule has 4 heterocycles. The smallest absolute Gasteiger partial charge is 0.253 e. The van der Waals surface area contributed by atoms with Crippen molar-refractivity contribution in [2.24, 2.45) is 7.05 Å². The molecule has 1 atom stereocenters. The lowest BCUT2D eigenvalue weighted by atomic mass is 10.0. The molecule has 0 N–H and O–H groups in total. The number of carbonyl (C=O) groups excluding carboxylic acids is 1. The minimum absolute atomic E-state index is 0.00656. The number of carbonyl (C=O) groups is 1. The molecule has 25 heavy (non-hydrogen) atoms. The van der Waals surface area contributed by atoms with Crippen LogP contribution in [0.5, 0.6) is 0 Å². The van der Waals surface area contributed by atoms with E-state index in [2.05, 4.69) is 10.00 Å². The number of hydrogen-bond acceptors (Lipinski definition) is 6. The van der Waals surface area contributed by atoms with Gasteiger partial charge in [-0.15, -0.1) is 0 Å². The first-order chi connectivity index (χ1) is 12.1. The molecule has 2 aromatic heterocycles. The van der Waals surface area contributed by atoms with Crippen LogP contribution in [-0.2, 0) is 27.9 Å². The first kappa shape index (κ1) is 16.7. The number of thiophene rings is 1. The van der Waals surface area contributed by atoms with E-state index in [0.29, 0.717) is 19.8 Å². The van der Waals surface area contributed by atoms with Gasteiger partial charge in [0.25, 0.3) is 5.91 Å². The van der Waals surface area contributed by atoms with E-state index in [1.807, 2.05) is 45.8 Å². The highest BCUT2D eigenvalue weighted by atomic mass is 32.1. The van der Waals surface area contributed by atoms with Crippen LogP contribution in [0.4, 0.5) is 5.69 Å². The monoisotopic (exact) mass is 362 g/mol. The largest absolute Gasteiger partial charge is 0.377 e. The van der Waals surface area contributed by atoms with Crippen LogP contribution in [0, 0.1) is 0 Å². The van der Waals surface area contributed by atoms with Gasteiger partial charge in [-0.2, -0.15) is 16.4 Å². The highest BCUT2D eigenvalue weighted by molar-refractivity contribution is 7.08. The highest BCUT2D eigenvalue weighted by Gasteiger charge is 2.43. The van der Waals surface area contributed by atoms with Crippen molar-refractivity contribution in [1.29, 1.82) is 0 Å². The summed E-state index contributed by atoms with van der Waals surface area (Å²) in [6.07, 6.45) is 3.92. The fourth-order valence-electron chi connectivity index (χ4n) is 3.47. The third-order valence-electron chi connectivity index (χ3n) is 4.66. The lowest BCUT2D eigenvalue weighted by molar-refractivity contribution is -0.146. The lowest BCUT2D eigenvalue weighted by Gasteiger charge is -2.42. The Bertz CT molecular complexity index is 732. The topological polar surface area (TPSA) is 59.8 Å². The van der Waals surface area contributed by atoms with Crippen molar-refractivity contribution in [3.05, 3.63) is 34.8 Å². The number of morpholine rings is 1. The molecule has 0 bridgehead atoms. The molecule has 2 aliphatic heterocycles. The van der Waals surface area contributed by atoms with Crippen molar-refractivity contribution in [2.45, 2.75) is 12.1 Å². The average molecular weight is 362 g/mol. The molecule has 2 saturated heterocycles. The molecule has 2 aliphatic rings. The second kappa shape index (κ2) is 6.87. The number of amides is 1. The number of anilines is 1. The number of aryl methyl sites for hydroxylation is 1. The van der Waals surface area contributed by atoms with Crippen LogP contribution >= 0.6 is 11.3 Å². The fraction of sp³-hybridized carbons (Fsp3) is 0.529. The standard InChI is InChI=1S/C17H22N4O3S/c1-19-7-14(6-18-19)8-20-3-4-23-13-17(11-20)12-21(16(22)9-24-17)15-2-5-25-10-15/h2,5-7,10H,3-4,8-9,11-13H2,1H3. The summed E-state index contributed by atoms with van der Waals surface area (Å²) in [4.78, 5) is 16.5. The maximum Gasteiger partial charge on any atom is 0.253 e. The third-order valence-corrected chi connectivity index (χ3v) is 5.33. The molecule has 1 spiro atoms. The van der Waals surface area contributed by atoms with Crippen LogP contribution in [-0.4, -0.2) is 65.6 Å². The zero-order valence-electron chi connectivity index (χ0n) is 14.3. The summed E-state index contributed by atoms with van der Waals surface area (Å²) in [7, 11) is 1.92. The van der Waals surface area contributed by atoms with Gasteiger partial charge >= 0.3 is 0 Å². The van der Waals surface area contributed by atoms with Gasteiger partial charge in [-0.25, -0.2) is 0 Å². The summed E-state index contributed by atoms with van der Waals surface area (Å²) < 4.78 is 13.7. The van der Waals surface area contributed by atoms with Crippen LogP contribution in [0.2, 0.25) is 0 Å². The van der Waals surface area contributed by atoms with Gasteiger partial charge in [-0.3, -0.25) is 14.4 Å². The molecule has 0 aromatic carbocycles. The Labute approximate surface area is 150 Å². The van der Waals surface area contributed by atoms with Gasteiger partial charge in [0.2, 0.25) is 0 Å². The number of rotatable bonds is 3. The second-order valence-electron chi connectivity index (χ2n) is 6.72. The molecule has 1 unspecified atom stereocenters. The van der Waals surface area contributed by atoms with E-state index >= 15 is 0 Å². The summed E-state index contributed by atoms with van der Waals surface area (Å²) in [5.41, 5.74) is 1.62. The molecular weight excluding hydrogens is 340 g/mol. The molecule has 1 amide bonds. The molecular formula is C17H22N4O3S. The Morgan fingerprint density at radius 3 is 3.08 bits per heavy atom. The van der Waals surface area contributed by atoms with Crippen molar-refractivity contribution in [3.63, 3.8) is 0 Å². The van der Waals surface area contributed by atoms with Crippen LogP contribution in [0.15, 0.2) is 29.2 Å². The normalized spacial score (nSPS) is 25.5. The van der Waals surface area contributed by atoms with Gasteiger partial charge in [0, 0.05) is 43.8 Å². The minimum Gasteiger partial charge on any atom is -0.377 e. The fourth-order valence-corrected chi connectivity index (χ4v) is 4.12. The zero-order chi connectivity index (χ0) is 17.3. The summed E-state index contributed by atoms with van der Waals surface area (Å²) in [5.74, 6) is 0.00656. The molecule has 8 heteroatoms. The van der Waals surface area contributed by atoms with E-state index in [0.717, 1.165) is 25.3 Å². The average Bonchev–Trinajstić information content (AvgIpc) is 3.22. The SMILES string of the molecule is Cn1cc(CN2CCOCC3(C2)CN(c2ccsc2)C(=O)CO3)cn1. The van der Waals surface area contributed by atoms with Crippen molar-refractivity contribution in [3.8, 4) is 0 Å².